The quantitative estimate of drug-likeness (QED) is 0.134. The van der Waals surface area contributed by atoms with E-state index in [1.54, 1.807) is 0 Å². The molecule has 10 aromatic carbocycles. The van der Waals surface area contributed by atoms with Crippen LogP contribution in [0, 0.1) is 0 Å². The molecule has 50 heavy (non-hydrogen) atoms. The van der Waals surface area contributed by atoms with E-state index in [2.05, 4.69) is 194 Å². The van der Waals surface area contributed by atoms with Gasteiger partial charge in [-0.05, 0) is 123 Å². The second kappa shape index (κ2) is 11.6. The van der Waals surface area contributed by atoms with Gasteiger partial charge in [0.15, 0.2) is 0 Å². The Morgan fingerprint density at radius 3 is 1.44 bits per heavy atom. The summed E-state index contributed by atoms with van der Waals surface area (Å²) in [6.07, 6.45) is 0. The molecule has 0 aromatic heterocycles. The minimum absolute atomic E-state index is 1.21. The molecule has 0 bridgehead atoms. The van der Waals surface area contributed by atoms with Crippen molar-refractivity contribution in [1.82, 2.24) is 0 Å². The average molecular weight is 633 g/mol. The lowest BCUT2D eigenvalue weighted by molar-refractivity contribution is 1.60. The summed E-state index contributed by atoms with van der Waals surface area (Å²) in [6, 6.07) is 71.5. The fraction of sp³-hybridized carbons (Fsp3) is 0. The van der Waals surface area contributed by atoms with Crippen molar-refractivity contribution in [2.24, 2.45) is 0 Å². The molecule has 232 valence electrons. The van der Waals surface area contributed by atoms with Crippen LogP contribution >= 0.6 is 0 Å². The van der Waals surface area contributed by atoms with Gasteiger partial charge in [0.05, 0.1) is 0 Å². The Kier molecular flexibility index (Phi) is 6.60. The van der Waals surface area contributed by atoms with E-state index < -0.39 is 0 Å². The van der Waals surface area contributed by atoms with Gasteiger partial charge in [-0.1, -0.05) is 170 Å². The zero-order valence-electron chi connectivity index (χ0n) is 27.5. The van der Waals surface area contributed by atoms with E-state index in [1.165, 1.54) is 98.4 Å². The van der Waals surface area contributed by atoms with Gasteiger partial charge >= 0.3 is 0 Å². The molecule has 0 heterocycles. The van der Waals surface area contributed by atoms with E-state index in [4.69, 9.17) is 0 Å². The van der Waals surface area contributed by atoms with Crippen molar-refractivity contribution in [2.45, 2.75) is 0 Å². The predicted molar refractivity (Wildman–Crippen MR) is 216 cm³/mol. The lowest BCUT2D eigenvalue weighted by atomic mass is 9.84. The molecule has 0 spiro atoms. The first kappa shape index (κ1) is 28.5. The normalized spacial score (nSPS) is 11.6. The smallest absolute Gasteiger partial charge is 0.00259 e. The first-order chi connectivity index (χ1) is 24.8. The van der Waals surface area contributed by atoms with E-state index in [9.17, 15) is 0 Å². The summed E-state index contributed by atoms with van der Waals surface area (Å²) in [5.41, 5.74) is 9.89. The molecule has 0 N–H and O–H groups in total. The van der Waals surface area contributed by atoms with Gasteiger partial charge in [-0.25, -0.2) is 0 Å². The second-order valence-electron chi connectivity index (χ2n) is 13.3. The standard InChI is InChI=1S/C50H32/c1-2-13-33(14-3-1)38-30-39(42-23-12-24-43-41-18-7-6-16-35(41)27-28-44(42)43)32-40(31-38)50-47-21-10-8-19-45(47)49(46-20-9-11-22-48(46)50)37-26-25-34-15-4-5-17-36(34)29-37/h1-32H. The van der Waals surface area contributed by atoms with Crippen LogP contribution in [0.15, 0.2) is 194 Å². The Morgan fingerprint density at radius 2 is 0.720 bits per heavy atom. The van der Waals surface area contributed by atoms with Gasteiger partial charge < -0.3 is 0 Å². The second-order valence-corrected chi connectivity index (χ2v) is 13.3. The van der Waals surface area contributed by atoms with Crippen LogP contribution in [0.5, 0.6) is 0 Å². The van der Waals surface area contributed by atoms with Gasteiger partial charge in [0.25, 0.3) is 0 Å². The lowest BCUT2D eigenvalue weighted by Crippen LogP contribution is -1.92. The van der Waals surface area contributed by atoms with Crippen molar-refractivity contribution in [1.29, 1.82) is 0 Å². The average Bonchev–Trinajstić information content (AvgIpc) is 3.19. The van der Waals surface area contributed by atoms with E-state index in [-0.39, 0.29) is 0 Å². The molecule has 0 amide bonds. The Morgan fingerprint density at radius 1 is 0.200 bits per heavy atom. The highest BCUT2D eigenvalue weighted by Crippen LogP contribution is 2.46. The van der Waals surface area contributed by atoms with Crippen LogP contribution in [0.1, 0.15) is 0 Å². The summed E-state index contributed by atoms with van der Waals surface area (Å²) in [4.78, 5) is 0. The first-order valence-electron chi connectivity index (χ1n) is 17.3. The van der Waals surface area contributed by atoms with E-state index in [1.807, 2.05) is 0 Å². The molecule has 10 rings (SSSR count). The lowest BCUT2D eigenvalue weighted by Gasteiger charge is -2.20. The zero-order chi connectivity index (χ0) is 33.0. The molecule has 0 aliphatic rings. The Hall–Kier alpha value is -6.50. The molecule has 10 aromatic rings. The summed E-state index contributed by atoms with van der Waals surface area (Å²) in [6.45, 7) is 0. The first-order valence-corrected chi connectivity index (χ1v) is 17.3. The predicted octanol–water partition coefficient (Wildman–Crippen LogP) is 14.1. The highest BCUT2D eigenvalue weighted by molar-refractivity contribution is 6.22. The summed E-state index contributed by atoms with van der Waals surface area (Å²) in [7, 11) is 0. The topological polar surface area (TPSA) is 0 Å². The van der Waals surface area contributed by atoms with Gasteiger partial charge in [-0.3, -0.25) is 0 Å². The molecule has 0 fully saturated rings. The summed E-state index contributed by atoms with van der Waals surface area (Å²) >= 11 is 0. The number of fused-ring (bicyclic) bond motifs is 6. The van der Waals surface area contributed by atoms with Gasteiger partial charge in [0.1, 0.15) is 0 Å². The Balaban J connectivity index is 1.29. The van der Waals surface area contributed by atoms with Gasteiger partial charge in [0, 0.05) is 0 Å². The SMILES string of the molecule is c1ccc(-c2cc(-c3c4ccccc4c(-c4ccc5ccccc5c4)c4ccccc34)cc(-c3cccc4c3ccc3ccccc34)c2)cc1. The van der Waals surface area contributed by atoms with Crippen molar-refractivity contribution < 1.29 is 0 Å². The van der Waals surface area contributed by atoms with Gasteiger partial charge in [-0.15, -0.1) is 0 Å². The van der Waals surface area contributed by atoms with Crippen molar-refractivity contribution in [2.75, 3.05) is 0 Å². The molecule has 0 aliphatic carbocycles. The molecule has 0 heteroatoms. The molecule has 0 nitrogen and oxygen atoms in total. The fourth-order valence-electron chi connectivity index (χ4n) is 8.11. The van der Waals surface area contributed by atoms with E-state index in [0.717, 1.165) is 0 Å². The molecule has 0 unspecified atom stereocenters. The molecular formula is C50H32. The third-order valence-electron chi connectivity index (χ3n) is 10.4. The minimum Gasteiger partial charge on any atom is -0.0622 e. The monoisotopic (exact) mass is 632 g/mol. The van der Waals surface area contributed by atoms with E-state index in [0.29, 0.717) is 0 Å². The van der Waals surface area contributed by atoms with Crippen LogP contribution in [0.2, 0.25) is 0 Å². The highest BCUT2D eigenvalue weighted by atomic mass is 14.2. The van der Waals surface area contributed by atoms with Crippen LogP contribution in [0.3, 0.4) is 0 Å². The van der Waals surface area contributed by atoms with Crippen molar-refractivity contribution >= 4 is 53.9 Å². The molecule has 0 aliphatic heterocycles. The highest BCUT2D eigenvalue weighted by Gasteiger charge is 2.19. The van der Waals surface area contributed by atoms with Crippen molar-refractivity contribution in [3.05, 3.63) is 194 Å². The third kappa shape index (κ3) is 4.61. The van der Waals surface area contributed by atoms with Crippen LogP contribution in [-0.2, 0) is 0 Å². The Bertz CT molecular complexity index is 2860. The van der Waals surface area contributed by atoms with Crippen LogP contribution < -0.4 is 0 Å². The number of benzene rings is 10. The number of hydrogen-bond donors (Lipinski definition) is 0. The fourth-order valence-corrected chi connectivity index (χ4v) is 8.11. The summed E-state index contributed by atoms with van der Waals surface area (Å²) in [5.74, 6) is 0. The molecule has 0 saturated carbocycles. The Labute approximate surface area is 291 Å². The van der Waals surface area contributed by atoms with Crippen molar-refractivity contribution in [3.8, 4) is 44.5 Å². The molecular weight excluding hydrogens is 601 g/mol. The number of rotatable bonds is 4. The largest absolute Gasteiger partial charge is 0.0622 e. The van der Waals surface area contributed by atoms with Crippen LogP contribution in [-0.4, -0.2) is 0 Å². The van der Waals surface area contributed by atoms with Crippen molar-refractivity contribution in [3.63, 3.8) is 0 Å². The van der Waals surface area contributed by atoms with E-state index >= 15 is 0 Å². The molecule has 0 radical (unpaired) electrons. The molecule has 0 atom stereocenters. The van der Waals surface area contributed by atoms with Crippen LogP contribution in [0.4, 0.5) is 0 Å². The molecule has 0 saturated heterocycles. The maximum atomic E-state index is 2.42. The zero-order valence-corrected chi connectivity index (χ0v) is 27.5. The van der Waals surface area contributed by atoms with Crippen LogP contribution in [0.25, 0.3) is 98.4 Å². The van der Waals surface area contributed by atoms with Gasteiger partial charge in [-0.2, -0.15) is 0 Å². The maximum absolute atomic E-state index is 2.42. The number of hydrogen-bond acceptors (Lipinski definition) is 0. The third-order valence-corrected chi connectivity index (χ3v) is 10.4. The maximum Gasteiger partial charge on any atom is -0.00259 e. The van der Waals surface area contributed by atoms with Gasteiger partial charge in [0.2, 0.25) is 0 Å². The summed E-state index contributed by atoms with van der Waals surface area (Å²) in [5, 5.41) is 12.7. The minimum atomic E-state index is 1.21. The summed E-state index contributed by atoms with van der Waals surface area (Å²) < 4.78 is 0.